The maximum absolute atomic E-state index is 5.45. The van der Waals surface area contributed by atoms with Crippen LogP contribution in [0.4, 0.5) is 0 Å². The molecule has 0 spiro atoms. The minimum absolute atomic E-state index is 0.0135. The van der Waals surface area contributed by atoms with Gasteiger partial charge in [0, 0.05) is 7.11 Å². The fourth-order valence-electron chi connectivity index (χ4n) is 1.53. The molecule has 0 bridgehead atoms. The van der Waals surface area contributed by atoms with E-state index in [-0.39, 0.29) is 6.04 Å². The first-order valence-electron chi connectivity index (χ1n) is 4.82. The predicted molar refractivity (Wildman–Crippen MR) is 59.7 cm³/mol. The maximum atomic E-state index is 5.45. The lowest BCUT2D eigenvalue weighted by Gasteiger charge is -2.16. The zero-order valence-corrected chi connectivity index (χ0v) is 9.41. The van der Waals surface area contributed by atoms with Gasteiger partial charge >= 0.3 is 0 Å². The quantitative estimate of drug-likeness (QED) is 0.565. The lowest BCUT2D eigenvalue weighted by atomic mass is 10.0. The van der Waals surface area contributed by atoms with E-state index in [0.29, 0.717) is 6.61 Å². The molecule has 1 rings (SSSR count). The summed E-state index contributed by atoms with van der Waals surface area (Å²) in [4.78, 5) is 0. The van der Waals surface area contributed by atoms with Gasteiger partial charge in [-0.3, -0.25) is 11.3 Å². The molecule has 0 fully saturated rings. The molecule has 0 aliphatic heterocycles. The smallest absolute Gasteiger partial charge is 0.121 e. The number of methoxy groups -OCH3 is 2. The van der Waals surface area contributed by atoms with Gasteiger partial charge in [0.05, 0.1) is 19.8 Å². The Bertz CT molecular complexity index is 315. The van der Waals surface area contributed by atoms with E-state index in [0.717, 1.165) is 16.9 Å². The molecule has 4 nitrogen and oxygen atoms in total. The van der Waals surface area contributed by atoms with Crippen molar-refractivity contribution in [1.82, 2.24) is 5.43 Å². The van der Waals surface area contributed by atoms with Gasteiger partial charge in [0.25, 0.3) is 0 Å². The molecule has 15 heavy (non-hydrogen) atoms. The summed E-state index contributed by atoms with van der Waals surface area (Å²) in [5.41, 5.74) is 4.90. The normalized spacial score (nSPS) is 12.5. The van der Waals surface area contributed by atoms with Crippen molar-refractivity contribution in [3.8, 4) is 5.75 Å². The molecule has 1 atom stereocenters. The first-order chi connectivity index (χ1) is 7.22. The Hall–Kier alpha value is -1.10. The molecule has 3 N–H and O–H groups in total. The summed E-state index contributed by atoms with van der Waals surface area (Å²) in [6.45, 7) is 2.55. The van der Waals surface area contributed by atoms with Gasteiger partial charge in [-0.2, -0.15) is 0 Å². The Labute approximate surface area is 90.3 Å². The summed E-state index contributed by atoms with van der Waals surface area (Å²) < 4.78 is 10.3. The van der Waals surface area contributed by atoms with Gasteiger partial charge in [0.2, 0.25) is 0 Å². The Morgan fingerprint density at radius 3 is 2.60 bits per heavy atom. The fraction of sp³-hybridized carbons (Fsp3) is 0.455. The molecule has 1 aromatic rings. The predicted octanol–water partition coefficient (Wildman–Crippen LogP) is 1.15. The standard InChI is InChI=1S/C11H18N2O2/c1-8-6-9(4-5-11(8)15-3)10(13-12)7-14-2/h4-6,10,13H,7,12H2,1-3H3. The van der Waals surface area contributed by atoms with Crippen LogP contribution in [0, 0.1) is 6.92 Å². The highest BCUT2D eigenvalue weighted by molar-refractivity contribution is 5.37. The van der Waals surface area contributed by atoms with E-state index in [2.05, 4.69) is 5.43 Å². The van der Waals surface area contributed by atoms with E-state index in [4.69, 9.17) is 15.3 Å². The van der Waals surface area contributed by atoms with Crippen molar-refractivity contribution in [3.63, 3.8) is 0 Å². The third-order valence-corrected chi connectivity index (χ3v) is 2.36. The molecule has 0 amide bonds. The molecule has 4 heteroatoms. The van der Waals surface area contributed by atoms with Crippen LogP contribution in [0.1, 0.15) is 17.2 Å². The Morgan fingerprint density at radius 1 is 1.40 bits per heavy atom. The van der Waals surface area contributed by atoms with Crippen LogP contribution in [-0.4, -0.2) is 20.8 Å². The number of nitrogens with two attached hydrogens (primary N) is 1. The zero-order valence-electron chi connectivity index (χ0n) is 9.41. The Morgan fingerprint density at radius 2 is 2.13 bits per heavy atom. The number of ether oxygens (including phenoxy) is 2. The van der Waals surface area contributed by atoms with Crippen LogP contribution >= 0.6 is 0 Å². The van der Waals surface area contributed by atoms with Crippen molar-refractivity contribution in [2.45, 2.75) is 13.0 Å². The molecule has 0 radical (unpaired) electrons. The van der Waals surface area contributed by atoms with Gasteiger partial charge in [-0.1, -0.05) is 12.1 Å². The van der Waals surface area contributed by atoms with Crippen LogP contribution in [0.2, 0.25) is 0 Å². The van der Waals surface area contributed by atoms with Gasteiger partial charge in [-0.25, -0.2) is 0 Å². The molecule has 0 aliphatic rings. The van der Waals surface area contributed by atoms with Gasteiger partial charge in [-0.05, 0) is 24.1 Å². The molecule has 1 aromatic carbocycles. The minimum Gasteiger partial charge on any atom is -0.496 e. The lowest BCUT2D eigenvalue weighted by molar-refractivity contribution is 0.167. The average Bonchev–Trinajstić information content (AvgIpc) is 2.25. The third kappa shape index (κ3) is 2.92. The summed E-state index contributed by atoms with van der Waals surface area (Å²) >= 11 is 0. The van der Waals surface area contributed by atoms with Crippen LogP contribution in [-0.2, 0) is 4.74 Å². The van der Waals surface area contributed by atoms with Crippen molar-refractivity contribution < 1.29 is 9.47 Å². The number of nitrogens with one attached hydrogen (secondary N) is 1. The number of hydrogen-bond acceptors (Lipinski definition) is 4. The number of hydrazine groups is 1. The molecular formula is C11H18N2O2. The molecule has 84 valence electrons. The van der Waals surface area contributed by atoms with E-state index in [1.54, 1.807) is 14.2 Å². The maximum Gasteiger partial charge on any atom is 0.121 e. The molecular weight excluding hydrogens is 192 g/mol. The van der Waals surface area contributed by atoms with Gasteiger partial charge in [-0.15, -0.1) is 0 Å². The highest BCUT2D eigenvalue weighted by Crippen LogP contribution is 2.22. The topological polar surface area (TPSA) is 56.5 Å². The second-order valence-electron chi connectivity index (χ2n) is 3.40. The van der Waals surface area contributed by atoms with E-state index in [1.807, 2.05) is 25.1 Å². The van der Waals surface area contributed by atoms with Crippen LogP contribution < -0.4 is 16.0 Å². The third-order valence-electron chi connectivity index (χ3n) is 2.36. The molecule has 0 aliphatic carbocycles. The molecule has 0 aromatic heterocycles. The summed E-state index contributed by atoms with van der Waals surface area (Å²) in [5, 5.41) is 0. The first kappa shape index (κ1) is 12.0. The highest BCUT2D eigenvalue weighted by atomic mass is 16.5. The summed E-state index contributed by atoms with van der Waals surface area (Å²) in [6.07, 6.45) is 0. The van der Waals surface area contributed by atoms with Crippen molar-refractivity contribution in [2.24, 2.45) is 5.84 Å². The summed E-state index contributed by atoms with van der Waals surface area (Å²) in [5.74, 6) is 6.33. The lowest BCUT2D eigenvalue weighted by Crippen LogP contribution is -2.31. The van der Waals surface area contributed by atoms with Crippen LogP contribution in [0.25, 0.3) is 0 Å². The summed E-state index contributed by atoms with van der Waals surface area (Å²) in [7, 11) is 3.32. The van der Waals surface area contributed by atoms with Crippen molar-refractivity contribution in [3.05, 3.63) is 29.3 Å². The molecule has 0 heterocycles. The highest BCUT2D eigenvalue weighted by Gasteiger charge is 2.10. The monoisotopic (exact) mass is 210 g/mol. The number of rotatable bonds is 5. The van der Waals surface area contributed by atoms with Gasteiger partial charge in [0.1, 0.15) is 5.75 Å². The molecule has 0 saturated heterocycles. The SMILES string of the molecule is COCC(NN)c1ccc(OC)c(C)c1. The van der Waals surface area contributed by atoms with E-state index >= 15 is 0 Å². The summed E-state index contributed by atoms with van der Waals surface area (Å²) in [6, 6.07) is 5.97. The fourth-order valence-corrected chi connectivity index (χ4v) is 1.53. The number of benzene rings is 1. The first-order valence-corrected chi connectivity index (χ1v) is 4.82. The van der Waals surface area contributed by atoms with E-state index in [9.17, 15) is 0 Å². The van der Waals surface area contributed by atoms with Crippen molar-refractivity contribution in [2.75, 3.05) is 20.8 Å². The van der Waals surface area contributed by atoms with Crippen LogP contribution in [0.15, 0.2) is 18.2 Å². The van der Waals surface area contributed by atoms with Gasteiger partial charge in [0.15, 0.2) is 0 Å². The Balaban J connectivity index is 2.89. The Kier molecular flexibility index (Phi) is 4.55. The minimum atomic E-state index is 0.0135. The van der Waals surface area contributed by atoms with E-state index in [1.165, 1.54) is 0 Å². The number of aryl methyl sites for hydroxylation is 1. The molecule has 1 unspecified atom stereocenters. The van der Waals surface area contributed by atoms with Crippen molar-refractivity contribution in [1.29, 1.82) is 0 Å². The average molecular weight is 210 g/mol. The zero-order chi connectivity index (χ0) is 11.3. The van der Waals surface area contributed by atoms with E-state index < -0.39 is 0 Å². The van der Waals surface area contributed by atoms with Crippen LogP contribution in [0.5, 0.6) is 5.75 Å². The van der Waals surface area contributed by atoms with Gasteiger partial charge < -0.3 is 9.47 Å². The number of hydrogen-bond donors (Lipinski definition) is 2. The second kappa shape index (κ2) is 5.70. The van der Waals surface area contributed by atoms with Crippen molar-refractivity contribution >= 4 is 0 Å². The largest absolute Gasteiger partial charge is 0.496 e. The second-order valence-corrected chi connectivity index (χ2v) is 3.40. The van der Waals surface area contributed by atoms with Crippen LogP contribution in [0.3, 0.4) is 0 Å². The molecule has 0 saturated carbocycles.